The summed E-state index contributed by atoms with van der Waals surface area (Å²) in [6.45, 7) is -0.0325. The van der Waals surface area contributed by atoms with Gasteiger partial charge in [0, 0.05) is 32.9 Å². The zero-order valence-electron chi connectivity index (χ0n) is 14.3. The van der Waals surface area contributed by atoms with Gasteiger partial charge in [-0.3, -0.25) is 4.79 Å². The van der Waals surface area contributed by atoms with Gasteiger partial charge in [0.25, 0.3) is 5.91 Å². The summed E-state index contributed by atoms with van der Waals surface area (Å²) in [7, 11) is 0. The quantitative estimate of drug-likeness (QED) is 0.488. The lowest BCUT2D eigenvalue weighted by atomic mass is 10.1. The van der Waals surface area contributed by atoms with Crippen molar-refractivity contribution in [2.45, 2.75) is 4.90 Å². The highest BCUT2D eigenvalue weighted by Crippen LogP contribution is 2.28. The molecule has 0 unspecified atom stereocenters. The summed E-state index contributed by atoms with van der Waals surface area (Å²) in [6.07, 6.45) is 2.00. The van der Waals surface area contributed by atoms with Crippen molar-refractivity contribution in [3.8, 4) is 5.75 Å². The summed E-state index contributed by atoms with van der Waals surface area (Å²) in [6, 6.07) is 21.7. The second-order valence-corrected chi connectivity index (χ2v) is 6.83. The van der Waals surface area contributed by atoms with Crippen LogP contribution in [0.3, 0.4) is 0 Å². The number of rotatable bonds is 5. The summed E-state index contributed by atoms with van der Waals surface area (Å²) >= 11 is 1.64. The summed E-state index contributed by atoms with van der Waals surface area (Å²) in [5, 5.41) is 5.19. The van der Waals surface area contributed by atoms with Gasteiger partial charge in [0.2, 0.25) is 0 Å². The van der Waals surface area contributed by atoms with Crippen molar-refractivity contribution >= 4 is 45.2 Å². The van der Waals surface area contributed by atoms with E-state index in [9.17, 15) is 4.79 Å². The van der Waals surface area contributed by atoms with Crippen LogP contribution < -0.4 is 10.1 Å². The number of hydrogen-bond donors (Lipinski definition) is 2. The molecule has 0 fully saturated rings. The number of nitrogens with one attached hydrogen (secondary N) is 2. The molecule has 0 atom stereocenters. The van der Waals surface area contributed by atoms with Gasteiger partial charge in [0.15, 0.2) is 6.61 Å². The molecule has 0 aliphatic carbocycles. The lowest BCUT2D eigenvalue weighted by Gasteiger charge is -2.08. The largest absolute Gasteiger partial charge is 0.484 e. The molecule has 1 aromatic heterocycles. The molecule has 130 valence electrons. The normalized spacial score (nSPS) is 11.0. The van der Waals surface area contributed by atoms with E-state index >= 15 is 0 Å². The lowest BCUT2D eigenvalue weighted by molar-refractivity contribution is -0.118. The van der Waals surface area contributed by atoms with Gasteiger partial charge in [-0.25, -0.2) is 0 Å². The molecule has 0 radical (unpaired) electrons. The van der Waals surface area contributed by atoms with Gasteiger partial charge in [-0.2, -0.15) is 0 Å². The van der Waals surface area contributed by atoms with Crippen LogP contribution in [0, 0.1) is 0 Å². The van der Waals surface area contributed by atoms with Gasteiger partial charge in [0.1, 0.15) is 5.75 Å². The van der Waals surface area contributed by atoms with E-state index in [0.717, 1.165) is 27.0 Å². The minimum absolute atomic E-state index is 0.0325. The third kappa shape index (κ3) is 3.39. The first kappa shape index (κ1) is 16.5. The number of ether oxygens (including phenoxy) is 1. The molecule has 0 aliphatic rings. The first-order chi connectivity index (χ1) is 12.7. The van der Waals surface area contributed by atoms with Crippen LogP contribution in [0.5, 0.6) is 5.75 Å². The number of hydrogen-bond acceptors (Lipinski definition) is 3. The van der Waals surface area contributed by atoms with Gasteiger partial charge in [-0.1, -0.05) is 24.3 Å². The van der Waals surface area contributed by atoms with E-state index in [1.807, 2.05) is 66.9 Å². The van der Waals surface area contributed by atoms with Crippen LogP contribution in [0.4, 0.5) is 5.69 Å². The third-order valence-corrected chi connectivity index (χ3v) is 4.93. The predicted molar refractivity (Wildman–Crippen MR) is 108 cm³/mol. The molecule has 0 saturated heterocycles. The first-order valence-corrected chi connectivity index (χ1v) is 9.52. The van der Waals surface area contributed by atoms with Crippen molar-refractivity contribution in [3.63, 3.8) is 0 Å². The Morgan fingerprint density at radius 1 is 1.00 bits per heavy atom. The summed E-state index contributed by atoms with van der Waals surface area (Å²) in [5.74, 6) is 0.483. The molecule has 1 heterocycles. The van der Waals surface area contributed by atoms with Gasteiger partial charge in [0.05, 0.1) is 5.52 Å². The number of para-hydroxylation sites is 1. The Labute approximate surface area is 155 Å². The van der Waals surface area contributed by atoms with Crippen molar-refractivity contribution in [1.82, 2.24) is 4.98 Å². The van der Waals surface area contributed by atoms with E-state index in [4.69, 9.17) is 4.74 Å². The number of H-pyrrole nitrogens is 1. The standard InChI is InChI=1S/C21H18N2O2S/c1-26-16-6-4-5-14(11-16)22-21(24)13-25-15-9-10-18-17-7-2-3-8-19(17)23-20(18)12-15/h2-12,23H,13H2,1H3,(H,22,24). The highest BCUT2D eigenvalue weighted by Gasteiger charge is 2.07. The minimum atomic E-state index is -0.181. The SMILES string of the molecule is CSc1cccc(NC(=O)COc2ccc3c(c2)[nH]c2ccccc23)c1. The Morgan fingerprint density at radius 2 is 1.85 bits per heavy atom. The topological polar surface area (TPSA) is 54.1 Å². The first-order valence-electron chi connectivity index (χ1n) is 8.30. The fourth-order valence-electron chi connectivity index (χ4n) is 2.97. The number of amides is 1. The molecular formula is C21H18N2O2S. The molecule has 4 rings (SSSR count). The van der Waals surface area contributed by atoms with Gasteiger partial charge in [-0.15, -0.1) is 11.8 Å². The number of carbonyl (C=O) groups excluding carboxylic acids is 1. The summed E-state index contributed by atoms with van der Waals surface area (Å²) in [5.41, 5.74) is 2.86. The lowest BCUT2D eigenvalue weighted by Crippen LogP contribution is -2.20. The number of carbonyl (C=O) groups is 1. The third-order valence-electron chi connectivity index (χ3n) is 4.20. The molecule has 1 amide bonds. The average molecular weight is 362 g/mol. The van der Waals surface area contributed by atoms with Gasteiger partial charge >= 0.3 is 0 Å². The van der Waals surface area contributed by atoms with Gasteiger partial charge in [-0.05, 0) is 42.7 Å². The fourth-order valence-corrected chi connectivity index (χ4v) is 3.43. The monoisotopic (exact) mass is 362 g/mol. The van der Waals surface area contributed by atoms with Crippen molar-refractivity contribution in [1.29, 1.82) is 0 Å². The van der Waals surface area contributed by atoms with Crippen molar-refractivity contribution in [3.05, 3.63) is 66.7 Å². The highest BCUT2D eigenvalue weighted by molar-refractivity contribution is 7.98. The van der Waals surface area contributed by atoms with Crippen molar-refractivity contribution in [2.24, 2.45) is 0 Å². The predicted octanol–water partition coefficient (Wildman–Crippen LogP) is 5.06. The van der Waals surface area contributed by atoms with Crippen LogP contribution in [0.25, 0.3) is 21.8 Å². The molecule has 5 heteroatoms. The number of thioether (sulfide) groups is 1. The molecule has 3 aromatic carbocycles. The van der Waals surface area contributed by atoms with Crippen LogP contribution in [0.1, 0.15) is 0 Å². The Hall–Kier alpha value is -2.92. The number of aromatic amines is 1. The summed E-state index contributed by atoms with van der Waals surface area (Å²) in [4.78, 5) is 16.6. The molecular weight excluding hydrogens is 344 g/mol. The van der Waals surface area contributed by atoms with E-state index in [-0.39, 0.29) is 12.5 Å². The fraction of sp³-hybridized carbons (Fsp3) is 0.0952. The second kappa shape index (κ2) is 7.14. The van der Waals surface area contributed by atoms with E-state index in [1.165, 1.54) is 5.39 Å². The van der Waals surface area contributed by atoms with Gasteiger partial charge < -0.3 is 15.0 Å². The molecule has 2 N–H and O–H groups in total. The maximum atomic E-state index is 12.1. The Bertz CT molecular complexity index is 1090. The summed E-state index contributed by atoms with van der Waals surface area (Å²) < 4.78 is 5.66. The highest BCUT2D eigenvalue weighted by atomic mass is 32.2. The van der Waals surface area contributed by atoms with E-state index in [2.05, 4.69) is 16.4 Å². The van der Waals surface area contributed by atoms with Crippen LogP contribution >= 0.6 is 11.8 Å². The molecule has 4 aromatic rings. The van der Waals surface area contributed by atoms with Crippen LogP contribution in [0.2, 0.25) is 0 Å². The number of anilines is 1. The maximum absolute atomic E-state index is 12.1. The number of fused-ring (bicyclic) bond motifs is 3. The number of aromatic nitrogens is 1. The van der Waals surface area contributed by atoms with Crippen molar-refractivity contribution in [2.75, 3.05) is 18.2 Å². The molecule has 0 saturated carbocycles. The molecule has 26 heavy (non-hydrogen) atoms. The number of benzene rings is 3. The average Bonchev–Trinajstić information content (AvgIpc) is 3.04. The smallest absolute Gasteiger partial charge is 0.262 e. The molecule has 0 spiro atoms. The Balaban J connectivity index is 1.45. The Morgan fingerprint density at radius 3 is 2.73 bits per heavy atom. The Kier molecular flexibility index (Phi) is 4.54. The molecule has 0 aliphatic heterocycles. The molecule has 4 nitrogen and oxygen atoms in total. The second-order valence-electron chi connectivity index (χ2n) is 5.95. The zero-order valence-corrected chi connectivity index (χ0v) is 15.1. The van der Waals surface area contributed by atoms with E-state index < -0.39 is 0 Å². The van der Waals surface area contributed by atoms with Crippen LogP contribution in [0.15, 0.2) is 71.6 Å². The minimum Gasteiger partial charge on any atom is -0.484 e. The van der Waals surface area contributed by atoms with E-state index in [1.54, 1.807) is 11.8 Å². The zero-order chi connectivity index (χ0) is 17.9. The van der Waals surface area contributed by atoms with E-state index in [0.29, 0.717) is 5.75 Å². The van der Waals surface area contributed by atoms with Crippen LogP contribution in [-0.2, 0) is 4.79 Å². The van der Waals surface area contributed by atoms with Crippen molar-refractivity contribution < 1.29 is 9.53 Å². The van der Waals surface area contributed by atoms with Crippen LogP contribution in [-0.4, -0.2) is 23.8 Å². The molecule has 0 bridgehead atoms. The maximum Gasteiger partial charge on any atom is 0.262 e.